The highest BCUT2D eigenvalue weighted by Gasteiger charge is 1.80. The minimum absolute atomic E-state index is 0.625. The number of nitrogens with zero attached hydrogens (tertiary/aromatic N) is 1. The third-order valence-electron chi connectivity index (χ3n) is 0.718. The van der Waals surface area contributed by atoms with E-state index in [-0.39, 0.29) is 0 Å². The standard InChI is InChI=1S/C6H11N3/c1-3-9-6(4-7)5-8-2/h3-5,7-8H,1-2H3/b6-5-,7-4?,9-3+. The first-order valence-electron chi connectivity index (χ1n) is 2.71. The molecule has 3 nitrogen and oxygen atoms in total. The van der Waals surface area contributed by atoms with E-state index >= 15 is 0 Å². The van der Waals surface area contributed by atoms with Crippen LogP contribution in [0.3, 0.4) is 0 Å². The molecule has 0 saturated carbocycles. The van der Waals surface area contributed by atoms with Crippen molar-refractivity contribution in [2.75, 3.05) is 7.05 Å². The van der Waals surface area contributed by atoms with Gasteiger partial charge in [-0.15, -0.1) is 0 Å². The molecule has 50 valence electrons. The van der Waals surface area contributed by atoms with Gasteiger partial charge in [0, 0.05) is 25.7 Å². The van der Waals surface area contributed by atoms with E-state index in [0.717, 1.165) is 0 Å². The van der Waals surface area contributed by atoms with E-state index in [9.17, 15) is 0 Å². The molecular weight excluding hydrogens is 114 g/mol. The average molecular weight is 125 g/mol. The molecule has 9 heavy (non-hydrogen) atoms. The lowest BCUT2D eigenvalue weighted by molar-refractivity contribution is 1.08. The summed E-state index contributed by atoms with van der Waals surface area (Å²) in [6.45, 7) is 1.81. The lowest BCUT2D eigenvalue weighted by atomic mass is 10.5. The molecule has 0 fully saturated rings. The molecule has 0 aliphatic rings. The van der Waals surface area contributed by atoms with Gasteiger partial charge in [0.1, 0.15) is 0 Å². The SMILES string of the molecule is C/C=N/C(C=N)=C\NC. The maximum absolute atomic E-state index is 6.82. The molecule has 0 aromatic heterocycles. The maximum atomic E-state index is 6.82. The van der Waals surface area contributed by atoms with Crippen molar-refractivity contribution in [1.82, 2.24) is 5.32 Å². The molecular formula is C6H11N3. The third kappa shape index (κ3) is 3.46. The van der Waals surface area contributed by atoms with E-state index in [4.69, 9.17) is 5.41 Å². The van der Waals surface area contributed by atoms with Crippen molar-refractivity contribution in [3.63, 3.8) is 0 Å². The van der Waals surface area contributed by atoms with Gasteiger partial charge in [0.2, 0.25) is 0 Å². The predicted molar refractivity (Wildman–Crippen MR) is 40.1 cm³/mol. The zero-order valence-corrected chi connectivity index (χ0v) is 5.68. The number of hydrogen-bond donors (Lipinski definition) is 2. The fourth-order valence-corrected chi connectivity index (χ4v) is 0.413. The van der Waals surface area contributed by atoms with Crippen molar-refractivity contribution in [3.8, 4) is 0 Å². The van der Waals surface area contributed by atoms with Gasteiger partial charge in [-0.05, 0) is 6.92 Å². The van der Waals surface area contributed by atoms with Crippen LogP contribution in [0, 0.1) is 5.41 Å². The van der Waals surface area contributed by atoms with Gasteiger partial charge < -0.3 is 10.7 Å². The first-order valence-corrected chi connectivity index (χ1v) is 2.71. The van der Waals surface area contributed by atoms with Gasteiger partial charge in [0.25, 0.3) is 0 Å². The summed E-state index contributed by atoms with van der Waals surface area (Å²) in [6, 6.07) is 0. The van der Waals surface area contributed by atoms with Gasteiger partial charge in [0.05, 0.1) is 5.70 Å². The average Bonchev–Trinajstić information content (AvgIpc) is 1.88. The summed E-state index contributed by atoms with van der Waals surface area (Å²) in [5, 5.41) is 9.60. The monoisotopic (exact) mass is 125 g/mol. The molecule has 2 N–H and O–H groups in total. The number of rotatable bonds is 3. The molecule has 3 heteroatoms. The fraction of sp³-hybridized carbons (Fsp3) is 0.333. The highest BCUT2D eigenvalue weighted by molar-refractivity contribution is 5.77. The summed E-state index contributed by atoms with van der Waals surface area (Å²) in [7, 11) is 1.77. The molecule has 0 amide bonds. The van der Waals surface area contributed by atoms with E-state index in [0.29, 0.717) is 5.70 Å². The lowest BCUT2D eigenvalue weighted by Gasteiger charge is -1.89. The molecule has 0 aromatic carbocycles. The van der Waals surface area contributed by atoms with Crippen LogP contribution < -0.4 is 5.32 Å². The summed E-state index contributed by atoms with van der Waals surface area (Å²) in [5.41, 5.74) is 0.625. The van der Waals surface area contributed by atoms with Gasteiger partial charge in [-0.1, -0.05) is 0 Å². The summed E-state index contributed by atoms with van der Waals surface area (Å²) in [4.78, 5) is 3.86. The lowest BCUT2D eigenvalue weighted by Crippen LogP contribution is -1.95. The van der Waals surface area contributed by atoms with Crippen LogP contribution in [0.15, 0.2) is 16.9 Å². The summed E-state index contributed by atoms with van der Waals surface area (Å²) in [5.74, 6) is 0. The number of nitrogens with one attached hydrogen (secondary N) is 2. The van der Waals surface area contributed by atoms with E-state index < -0.39 is 0 Å². The van der Waals surface area contributed by atoms with E-state index in [2.05, 4.69) is 10.3 Å². The Morgan fingerprint density at radius 1 is 1.67 bits per heavy atom. The first kappa shape index (κ1) is 7.88. The second-order valence-corrected chi connectivity index (χ2v) is 1.39. The Bertz CT molecular complexity index is 135. The Morgan fingerprint density at radius 2 is 2.33 bits per heavy atom. The molecule has 0 radical (unpaired) electrons. The Labute approximate surface area is 55.0 Å². The van der Waals surface area contributed by atoms with Crippen LogP contribution in [-0.2, 0) is 0 Å². The van der Waals surface area contributed by atoms with Crippen LogP contribution in [0.5, 0.6) is 0 Å². The number of aliphatic imine (C=N–C) groups is 1. The second kappa shape index (κ2) is 5.03. The molecule has 0 spiro atoms. The molecule has 0 aromatic rings. The normalized spacial score (nSPS) is 12.0. The zero-order valence-electron chi connectivity index (χ0n) is 5.68. The molecule has 0 saturated heterocycles. The molecule has 0 bridgehead atoms. The van der Waals surface area contributed by atoms with Crippen molar-refractivity contribution in [2.24, 2.45) is 4.99 Å². The van der Waals surface area contributed by atoms with Gasteiger partial charge in [0.15, 0.2) is 0 Å². The Morgan fingerprint density at radius 3 is 2.67 bits per heavy atom. The Hall–Kier alpha value is -1.12. The zero-order chi connectivity index (χ0) is 7.11. The van der Waals surface area contributed by atoms with E-state index in [1.54, 1.807) is 19.5 Å². The van der Waals surface area contributed by atoms with Crippen LogP contribution in [0.4, 0.5) is 0 Å². The molecule has 0 aliphatic heterocycles. The van der Waals surface area contributed by atoms with Gasteiger partial charge in [-0.2, -0.15) is 0 Å². The Balaban J connectivity index is 3.97. The topological polar surface area (TPSA) is 48.2 Å². The predicted octanol–water partition coefficient (Wildman–Crippen LogP) is 0.787. The van der Waals surface area contributed by atoms with Crippen LogP contribution in [0.25, 0.3) is 0 Å². The number of allylic oxidation sites excluding steroid dienone is 1. The quantitative estimate of drug-likeness (QED) is 0.538. The van der Waals surface area contributed by atoms with Crippen LogP contribution in [0.1, 0.15) is 6.92 Å². The summed E-state index contributed by atoms with van der Waals surface area (Å²) in [6.07, 6.45) is 4.50. The van der Waals surface area contributed by atoms with Crippen LogP contribution in [-0.4, -0.2) is 19.5 Å². The fourth-order valence-electron chi connectivity index (χ4n) is 0.413. The van der Waals surface area contributed by atoms with Crippen molar-refractivity contribution >= 4 is 12.4 Å². The second-order valence-electron chi connectivity index (χ2n) is 1.39. The van der Waals surface area contributed by atoms with Gasteiger partial charge in [-0.25, -0.2) is 0 Å². The minimum atomic E-state index is 0.625. The summed E-state index contributed by atoms with van der Waals surface area (Å²) >= 11 is 0. The van der Waals surface area contributed by atoms with Gasteiger partial charge >= 0.3 is 0 Å². The third-order valence-corrected chi connectivity index (χ3v) is 0.718. The van der Waals surface area contributed by atoms with E-state index in [1.807, 2.05) is 6.92 Å². The van der Waals surface area contributed by atoms with Crippen molar-refractivity contribution in [2.45, 2.75) is 6.92 Å². The van der Waals surface area contributed by atoms with Crippen molar-refractivity contribution in [3.05, 3.63) is 11.9 Å². The number of hydrogen-bond acceptors (Lipinski definition) is 3. The molecule has 0 unspecified atom stereocenters. The molecule has 0 atom stereocenters. The van der Waals surface area contributed by atoms with Crippen LogP contribution >= 0.6 is 0 Å². The molecule has 0 heterocycles. The molecule has 0 rings (SSSR count). The first-order chi connectivity index (χ1) is 4.35. The van der Waals surface area contributed by atoms with Crippen LogP contribution in [0.2, 0.25) is 0 Å². The van der Waals surface area contributed by atoms with Crippen molar-refractivity contribution < 1.29 is 0 Å². The van der Waals surface area contributed by atoms with E-state index in [1.165, 1.54) is 6.21 Å². The highest BCUT2D eigenvalue weighted by Crippen LogP contribution is 1.86. The molecule has 0 aliphatic carbocycles. The highest BCUT2D eigenvalue weighted by atomic mass is 14.8. The Kier molecular flexibility index (Phi) is 4.40. The van der Waals surface area contributed by atoms with Gasteiger partial charge in [-0.3, -0.25) is 4.99 Å². The largest absolute Gasteiger partial charge is 0.392 e. The smallest absolute Gasteiger partial charge is 0.0957 e. The summed E-state index contributed by atoms with van der Waals surface area (Å²) < 4.78 is 0. The maximum Gasteiger partial charge on any atom is 0.0957 e. The van der Waals surface area contributed by atoms with Crippen molar-refractivity contribution in [1.29, 1.82) is 5.41 Å². The minimum Gasteiger partial charge on any atom is -0.392 e.